The van der Waals surface area contributed by atoms with E-state index < -0.39 is 11.3 Å². The van der Waals surface area contributed by atoms with Crippen LogP contribution in [0.15, 0.2) is 28.8 Å². The van der Waals surface area contributed by atoms with Crippen molar-refractivity contribution in [1.29, 1.82) is 0 Å². The second-order valence-corrected chi connectivity index (χ2v) is 10.4. The van der Waals surface area contributed by atoms with Crippen LogP contribution in [0.4, 0.5) is 0 Å². The lowest BCUT2D eigenvalue weighted by molar-refractivity contribution is 0.0914. The number of rotatable bonds is 8. The highest BCUT2D eigenvalue weighted by molar-refractivity contribution is 5.99. The topological polar surface area (TPSA) is 89.4 Å². The van der Waals surface area contributed by atoms with Gasteiger partial charge >= 0.3 is 0 Å². The number of hydrogen-bond acceptors (Lipinski definition) is 4. The number of hydrogen-bond donors (Lipinski definition) is 2. The van der Waals surface area contributed by atoms with E-state index in [0.29, 0.717) is 13.1 Å². The summed E-state index contributed by atoms with van der Waals surface area (Å²) < 4.78 is 7.56. The molecule has 2 fully saturated rings. The molecule has 7 nitrogen and oxygen atoms in total. The van der Waals surface area contributed by atoms with Crippen molar-refractivity contribution in [2.24, 2.45) is 0 Å². The Morgan fingerprint density at radius 3 is 2.34 bits per heavy atom. The number of amides is 2. The SMILES string of the molecule is O=C(NCCC1=CCCCC1)c1cn(C[C@@H]2CCCO2)cc(C(=O)NC2CCCCCCC2)c1=O. The zero-order valence-electron chi connectivity index (χ0n) is 21.0. The molecule has 1 aromatic heterocycles. The summed E-state index contributed by atoms with van der Waals surface area (Å²) in [5, 5.41) is 6.01. The number of ether oxygens (including phenoxy) is 1. The number of carbonyl (C=O) groups is 2. The summed E-state index contributed by atoms with van der Waals surface area (Å²) in [5.41, 5.74) is 0.963. The smallest absolute Gasteiger partial charge is 0.256 e. The maximum Gasteiger partial charge on any atom is 0.256 e. The predicted molar refractivity (Wildman–Crippen MR) is 137 cm³/mol. The minimum atomic E-state index is -0.494. The van der Waals surface area contributed by atoms with Gasteiger partial charge in [-0.15, -0.1) is 0 Å². The number of carbonyl (C=O) groups excluding carboxylic acids is 2. The fourth-order valence-electron chi connectivity index (χ4n) is 5.51. The Balaban J connectivity index is 1.49. The number of aromatic nitrogens is 1. The summed E-state index contributed by atoms with van der Waals surface area (Å²) in [4.78, 5) is 39.6. The minimum absolute atomic E-state index is 0.0333. The molecule has 192 valence electrons. The maximum absolute atomic E-state index is 13.3. The van der Waals surface area contributed by atoms with Crippen molar-refractivity contribution in [2.45, 2.75) is 109 Å². The van der Waals surface area contributed by atoms with Crippen LogP contribution < -0.4 is 16.1 Å². The third-order valence-electron chi connectivity index (χ3n) is 7.56. The number of nitrogens with zero attached hydrogens (tertiary/aromatic N) is 1. The lowest BCUT2D eigenvalue weighted by atomic mass is 9.96. The van der Waals surface area contributed by atoms with Gasteiger partial charge in [0.05, 0.1) is 6.10 Å². The summed E-state index contributed by atoms with van der Waals surface area (Å²) in [6.45, 7) is 1.74. The van der Waals surface area contributed by atoms with E-state index in [0.717, 1.165) is 64.4 Å². The van der Waals surface area contributed by atoms with Gasteiger partial charge < -0.3 is 19.9 Å². The Morgan fingerprint density at radius 2 is 1.66 bits per heavy atom. The van der Waals surface area contributed by atoms with Gasteiger partial charge in [0.2, 0.25) is 5.43 Å². The van der Waals surface area contributed by atoms with Crippen LogP contribution in [0.3, 0.4) is 0 Å². The summed E-state index contributed by atoms with van der Waals surface area (Å²) in [7, 11) is 0. The molecule has 1 saturated carbocycles. The van der Waals surface area contributed by atoms with Crippen molar-refractivity contribution in [3.05, 3.63) is 45.4 Å². The van der Waals surface area contributed by atoms with Crippen molar-refractivity contribution in [3.8, 4) is 0 Å². The zero-order valence-corrected chi connectivity index (χ0v) is 21.0. The molecule has 2 heterocycles. The van der Waals surface area contributed by atoms with E-state index in [1.807, 2.05) is 0 Å². The fourth-order valence-corrected chi connectivity index (χ4v) is 5.51. The van der Waals surface area contributed by atoms with Gasteiger partial charge in [0.15, 0.2) is 0 Å². The second-order valence-electron chi connectivity index (χ2n) is 10.4. The van der Waals surface area contributed by atoms with E-state index in [9.17, 15) is 14.4 Å². The van der Waals surface area contributed by atoms with Gasteiger partial charge in [-0.25, -0.2) is 0 Å². The van der Waals surface area contributed by atoms with Crippen molar-refractivity contribution in [2.75, 3.05) is 13.2 Å². The molecule has 35 heavy (non-hydrogen) atoms. The maximum atomic E-state index is 13.3. The summed E-state index contributed by atoms with van der Waals surface area (Å²) in [6.07, 6.45) is 20.5. The van der Waals surface area contributed by atoms with Crippen LogP contribution in [0, 0.1) is 0 Å². The highest BCUT2D eigenvalue weighted by Crippen LogP contribution is 2.20. The Labute approximate surface area is 208 Å². The van der Waals surface area contributed by atoms with Gasteiger partial charge in [-0.3, -0.25) is 14.4 Å². The molecule has 1 atom stereocenters. The van der Waals surface area contributed by atoms with E-state index in [1.165, 1.54) is 37.7 Å². The van der Waals surface area contributed by atoms with Crippen molar-refractivity contribution in [1.82, 2.24) is 15.2 Å². The van der Waals surface area contributed by atoms with Crippen molar-refractivity contribution < 1.29 is 14.3 Å². The van der Waals surface area contributed by atoms with Crippen molar-refractivity contribution in [3.63, 3.8) is 0 Å². The first-order valence-electron chi connectivity index (χ1n) is 13.7. The van der Waals surface area contributed by atoms with Gasteiger partial charge in [0.25, 0.3) is 11.8 Å². The monoisotopic (exact) mass is 483 g/mol. The van der Waals surface area contributed by atoms with Crippen LogP contribution >= 0.6 is 0 Å². The molecule has 0 bridgehead atoms. The van der Waals surface area contributed by atoms with E-state index in [1.54, 1.807) is 17.0 Å². The summed E-state index contributed by atoms with van der Waals surface area (Å²) >= 11 is 0. The molecule has 0 spiro atoms. The third kappa shape index (κ3) is 7.53. The van der Waals surface area contributed by atoms with Gasteiger partial charge in [-0.05, 0) is 57.8 Å². The first-order chi connectivity index (χ1) is 17.1. The molecule has 2 aliphatic carbocycles. The van der Waals surface area contributed by atoms with Crippen LogP contribution in [-0.2, 0) is 11.3 Å². The Kier molecular flexibility index (Phi) is 9.57. The van der Waals surface area contributed by atoms with Crippen LogP contribution in [0.2, 0.25) is 0 Å². The average molecular weight is 484 g/mol. The Morgan fingerprint density at radius 1 is 0.914 bits per heavy atom. The molecule has 0 aromatic carbocycles. The average Bonchev–Trinajstić information content (AvgIpc) is 3.35. The summed E-state index contributed by atoms with van der Waals surface area (Å²) in [5.74, 6) is -0.781. The Bertz CT molecular complexity index is 953. The highest BCUT2D eigenvalue weighted by Gasteiger charge is 2.23. The number of pyridine rings is 1. The van der Waals surface area contributed by atoms with E-state index >= 15 is 0 Å². The molecule has 1 aromatic rings. The standard InChI is InChI=1S/C28H41N3O4/c32-26-24(27(33)29-16-15-21-10-5-4-6-11-21)19-31(18-23-14-9-17-35-23)20-25(26)28(34)30-22-12-7-2-1-3-8-13-22/h10,19-20,22-23H,1-9,11-18H2,(H,29,33)(H,30,34)/t23-/m0/s1. The number of nitrogens with one attached hydrogen (secondary N) is 2. The quantitative estimate of drug-likeness (QED) is 0.533. The van der Waals surface area contributed by atoms with Crippen LogP contribution in [0.1, 0.15) is 111 Å². The van der Waals surface area contributed by atoms with Crippen molar-refractivity contribution >= 4 is 11.8 Å². The van der Waals surface area contributed by atoms with Crippen LogP contribution in [0.5, 0.6) is 0 Å². The molecule has 0 unspecified atom stereocenters. The molecular formula is C28H41N3O4. The highest BCUT2D eigenvalue weighted by atomic mass is 16.5. The predicted octanol–water partition coefficient (Wildman–Crippen LogP) is 4.49. The first kappa shape index (κ1) is 25.7. The second kappa shape index (κ2) is 13.1. The van der Waals surface area contributed by atoms with E-state index in [-0.39, 0.29) is 29.2 Å². The molecular weight excluding hydrogens is 442 g/mol. The lowest BCUT2D eigenvalue weighted by Crippen LogP contribution is -2.40. The minimum Gasteiger partial charge on any atom is -0.376 e. The third-order valence-corrected chi connectivity index (χ3v) is 7.56. The van der Waals surface area contributed by atoms with Gasteiger partial charge in [0.1, 0.15) is 11.1 Å². The van der Waals surface area contributed by atoms with E-state index in [4.69, 9.17) is 4.74 Å². The zero-order chi connectivity index (χ0) is 24.5. The summed E-state index contributed by atoms with van der Waals surface area (Å²) in [6, 6.07) is 0.0788. The molecule has 7 heteroatoms. The van der Waals surface area contributed by atoms with Gasteiger partial charge in [-0.2, -0.15) is 0 Å². The van der Waals surface area contributed by atoms with Gasteiger partial charge in [0, 0.05) is 38.1 Å². The molecule has 1 aliphatic heterocycles. The normalized spacial score (nSPS) is 21.6. The van der Waals surface area contributed by atoms with Gasteiger partial charge in [-0.1, -0.05) is 43.8 Å². The molecule has 2 N–H and O–H groups in total. The number of allylic oxidation sites excluding steroid dienone is 1. The van der Waals surface area contributed by atoms with Crippen LogP contribution in [0.25, 0.3) is 0 Å². The Hall–Kier alpha value is -2.41. The van der Waals surface area contributed by atoms with Crippen LogP contribution in [-0.4, -0.2) is 41.7 Å². The fraction of sp³-hybridized carbons (Fsp3) is 0.679. The lowest BCUT2D eigenvalue weighted by Gasteiger charge is -2.21. The van der Waals surface area contributed by atoms with E-state index in [2.05, 4.69) is 16.7 Å². The molecule has 1 saturated heterocycles. The molecule has 3 aliphatic rings. The molecule has 2 amide bonds. The molecule has 4 rings (SSSR count). The first-order valence-corrected chi connectivity index (χ1v) is 13.7. The largest absolute Gasteiger partial charge is 0.376 e. The molecule has 0 radical (unpaired) electrons.